The Morgan fingerprint density at radius 2 is 1.68 bits per heavy atom. The molecule has 1 N–H and O–H groups in total. The Morgan fingerprint density at radius 3 is 2.27 bits per heavy atom. The summed E-state index contributed by atoms with van der Waals surface area (Å²) in [5.74, 6) is -0.252. The second-order valence-corrected chi connectivity index (χ2v) is 10.8. The second kappa shape index (κ2) is 8.86. The van der Waals surface area contributed by atoms with E-state index in [9.17, 15) is 23.3 Å². The Kier molecular flexibility index (Phi) is 5.92. The third-order valence-electron chi connectivity index (χ3n) is 7.16. The monoisotopic (exact) mass is 523 g/mol. The van der Waals surface area contributed by atoms with E-state index in [0.29, 0.717) is 11.3 Å². The summed E-state index contributed by atoms with van der Waals surface area (Å²) in [6.45, 7) is 1.83. The van der Waals surface area contributed by atoms with E-state index in [1.165, 1.54) is 32.4 Å². The van der Waals surface area contributed by atoms with E-state index < -0.39 is 44.6 Å². The number of carbonyl (C=O) groups excluding carboxylic acids is 1. The lowest BCUT2D eigenvalue weighted by Gasteiger charge is -2.30. The molecule has 0 amide bonds. The number of nitrogens with one attached hydrogen (secondary N) is 1. The zero-order valence-corrected chi connectivity index (χ0v) is 21.1. The molecule has 0 aromatic heterocycles. The molecule has 3 aromatic carbocycles. The Labute approximate surface area is 214 Å². The molecule has 0 unspecified atom stereocenters. The molecule has 192 valence electrons. The van der Waals surface area contributed by atoms with Gasteiger partial charge in [-0.05, 0) is 48.9 Å². The standard InChI is InChI=1S/C26H25N3O7S/c1-16-8-14-19(15-9-16)37(33,34)28-21-7-5-4-6-20(21)26(29(31)32)23(17-10-12-18(35-2)13-11-17)27-22(24(26)28)25(30)36-3/h4-15,22-24,27H,1-3H3/t22-,23+,24+,26+/m0/s1. The van der Waals surface area contributed by atoms with E-state index in [1.54, 1.807) is 54.6 Å². The number of rotatable bonds is 6. The molecule has 2 heterocycles. The van der Waals surface area contributed by atoms with Crippen LogP contribution < -0.4 is 14.4 Å². The zero-order chi connectivity index (χ0) is 26.5. The fourth-order valence-electron chi connectivity index (χ4n) is 5.49. The van der Waals surface area contributed by atoms with Crippen LogP contribution in [0.4, 0.5) is 5.69 Å². The number of hydrogen-bond acceptors (Lipinski definition) is 8. The van der Waals surface area contributed by atoms with Crippen LogP contribution in [0.1, 0.15) is 22.7 Å². The first-order valence-electron chi connectivity index (χ1n) is 11.5. The smallest absolute Gasteiger partial charge is 0.325 e. The minimum atomic E-state index is -4.32. The fourth-order valence-corrected chi connectivity index (χ4v) is 7.20. The Morgan fingerprint density at radius 1 is 1.03 bits per heavy atom. The molecule has 37 heavy (non-hydrogen) atoms. The highest BCUT2D eigenvalue weighted by Gasteiger charge is 2.75. The number of ether oxygens (including phenoxy) is 2. The van der Waals surface area contributed by atoms with Crippen molar-refractivity contribution in [3.05, 3.63) is 99.6 Å². The minimum absolute atomic E-state index is 0.0384. The predicted molar refractivity (Wildman–Crippen MR) is 134 cm³/mol. The van der Waals surface area contributed by atoms with Gasteiger partial charge in [0.25, 0.3) is 15.6 Å². The van der Waals surface area contributed by atoms with Crippen molar-refractivity contribution in [2.45, 2.75) is 35.5 Å². The van der Waals surface area contributed by atoms with Crippen molar-refractivity contribution >= 4 is 21.7 Å². The van der Waals surface area contributed by atoms with Crippen LogP contribution in [0.3, 0.4) is 0 Å². The molecule has 0 saturated carbocycles. The highest BCUT2D eigenvalue weighted by Crippen LogP contribution is 2.58. The molecule has 3 aromatic rings. The summed E-state index contributed by atoms with van der Waals surface area (Å²) in [5.41, 5.74) is -0.325. The summed E-state index contributed by atoms with van der Waals surface area (Å²) in [5, 5.41) is 16.2. The summed E-state index contributed by atoms with van der Waals surface area (Å²) in [7, 11) is -1.65. The van der Waals surface area contributed by atoms with Crippen LogP contribution in [-0.2, 0) is 25.1 Å². The highest BCUT2D eigenvalue weighted by atomic mass is 32.2. The third-order valence-corrected chi connectivity index (χ3v) is 8.97. The average molecular weight is 524 g/mol. The first kappa shape index (κ1) is 24.7. The molecule has 2 aliphatic rings. The number of anilines is 1. The third kappa shape index (κ3) is 3.49. The van der Waals surface area contributed by atoms with Crippen molar-refractivity contribution in [3.63, 3.8) is 0 Å². The number of aryl methyl sites for hydroxylation is 1. The van der Waals surface area contributed by atoms with Crippen LogP contribution in [0.15, 0.2) is 77.7 Å². The van der Waals surface area contributed by atoms with Crippen molar-refractivity contribution in [1.29, 1.82) is 0 Å². The predicted octanol–water partition coefficient (Wildman–Crippen LogP) is 2.94. The Bertz CT molecular complexity index is 1470. The van der Waals surface area contributed by atoms with E-state index in [2.05, 4.69) is 5.32 Å². The number of nitro groups is 1. The molecule has 10 nitrogen and oxygen atoms in total. The van der Waals surface area contributed by atoms with E-state index in [-0.39, 0.29) is 16.1 Å². The number of methoxy groups -OCH3 is 2. The van der Waals surface area contributed by atoms with Crippen molar-refractivity contribution in [3.8, 4) is 5.75 Å². The molecule has 1 saturated heterocycles. The lowest BCUT2D eigenvalue weighted by Crippen LogP contribution is -2.56. The van der Waals surface area contributed by atoms with Gasteiger partial charge in [-0.2, -0.15) is 0 Å². The summed E-state index contributed by atoms with van der Waals surface area (Å²) < 4.78 is 39.5. The number of benzene rings is 3. The van der Waals surface area contributed by atoms with Gasteiger partial charge in [-0.25, -0.2) is 8.42 Å². The highest BCUT2D eigenvalue weighted by molar-refractivity contribution is 7.93. The van der Waals surface area contributed by atoms with Crippen LogP contribution in [0.5, 0.6) is 5.75 Å². The molecule has 5 rings (SSSR count). The van der Waals surface area contributed by atoms with Crippen LogP contribution in [-0.4, -0.2) is 45.6 Å². The maximum atomic E-state index is 14.1. The molecule has 1 fully saturated rings. The van der Waals surface area contributed by atoms with Gasteiger partial charge >= 0.3 is 5.97 Å². The van der Waals surface area contributed by atoms with E-state index in [1.807, 2.05) is 6.92 Å². The molecule has 2 aliphatic heterocycles. The van der Waals surface area contributed by atoms with E-state index in [0.717, 1.165) is 9.87 Å². The van der Waals surface area contributed by atoms with Gasteiger partial charge in [0.15, 0.2) is 0 Å². The molecule has 4 atom stereocenters. The van der Waals surface area contributed by atoms with Crippen LogP contribution in [0.25, 0.3) is 0 Å². The number of esters is 1. The summed E-state index contributed by atoms with van der Waals surface area (Å²) in [6, 6.07) is 15.4. The number of carbonyl (C=O) groups is 1. The van der Waals surface area contributed by atoms with Gasteiger partial charge < -0.3 is 9.47 Å². The molecule has 0 radical (unpaired) electrons. The van der Waals surface area contributed by atoms with Crippen molar-refractivity contribution in [2.24, 2.45) is 0 Å². The van der Waals surface area contributed by atoms with Crippen LogP contribution >= 0.6 is 0 Å². The van der Waals surface area contributed by atoms with Gasteiger partial charge in [0, 0.05) is 4.92 Å². The number of fused-ring (bicyclic) bond motifs is 3. The maximum absolute atomic E-state index is 14.1. The van der Waals surface area contributed by atoms with Gasteiger partial charge in [-0.15, -0.1) is 0 Å². The van der Waals surface area contributed by atoms with Gasteiger partial charge in [-0.3, -0.25) is 24.5 Å². The molecule has 0 aliphatic carbocycles. The number of nitrogens with zero attached hydrogens (tertiary/aromatic N) is 2. The van der Waals surface area contributed by atoms with Gasteiger partial charge in [0.1, 0.15) is 23.9 Å². The molecule has 0 bridgehead atoms. The van der Waals surface area contributed by atoms with Gasteiger partial charge in [0.05, 0.1) is 30.4 Å². The fraction of sp³-hybridized carbons (Fsp3) is 0.269. The van der Waals surface area contributed by atoms with Crippen molar-refractivity contribution in [1.82, 2.24) is 5.32 Å². The van der Waals surface area contributed by atoms with Gasteiger partial charge in [0.2, 0.25) is 0 Å². The van der Waals surface area contributed by atoms with E-state index >= 15 is 0 Å². The van der Waals surface area contributed by atoms with Crippen molar-refractivity contribution < 1.29 is 27.6 Å². The summed E-state index contributed by atoms with van der Waals surface area (Å²) in [6.07, 6.45) is 0. The van der Waals surface area contributed by atoms with Gasteiger partial charge in [-0.1, -0.05) is 42.0 Å². The lowest BCUT2D eigenvalue weighted by molar-refractivity contribution is -0.582. The molecular weight excluding hydrogens is 498 g/mol. The quantitative estimate of drug-likeness (QED) is 0.297. The Hall–Kier alpha value is -3.96. The first-order valence-corrected chi connectivity index (χ1v) is 12.9. The lowest BCUT2D eigenvalue weighted by atomic mass is 9.79. The maximum Gasteiger partial charge on any atom is 0.325 e. The Balaban J connectivity index is 1.80. The first-order chi connectivity index (χ1) is 17.7. The number of para-hydroxylation sites is 1. The topological polar surface area (TPSA) is 128 Å². The number of sulfonamides is 1. The zero-order valence-electron chi connectivity index (χ0n) is 20.3. The largest absolute Gasteiger partial charge is 0.497 e. The van der Waals surface area contributed by atoms with Crippen LogP contribution in [0, 0.1) is 17.0 Å². The van der Waals surface area contributed by atoms with E-state index in [4.69, 9.17) is 9.47 Å². The SMILES string of the molecule is COC(=O)[C@H]1N[C@H](c2ccc(OC)cc2)[C@]2([N+](=O)[O-])c3ccccc3N(S(=O)(=O)c3ccc(C)cc3)[C@H]12. The average Bonchev–Trinajstić information content (AvgIpc) is 3.41. The van der Waals surface area contributed by atoms with Crippen molar-refractivity contribution in [2.75, 3.05) is 18.5 Å². The van der Waals surface area contributed by atoms with Crippen LogP contribution in [0.2, 0.25) is 0 Å². The summed E-state index contributed by atoms with van der Waals surface area (Å²) >= 11 is 0. The molecule has 0 spiro atoms. The molecular formula is C26H25N3O7S. The molecule has 11 heteroatoms. The minimum Gasteiger partial charge on any atom is -0.497 e. The summed E-state index contributed by atoms with van der Waals surface area (Å²) in [4.78, 5) is 25.7. The normalized spacial score (nSPS) is 24.3. The number of hydrogen-bond donors (Lipinski definition) is 1. The second-order valence-electron chi connectivity index (χ2n) is 9.03.